The number of ether oxygens (including phenoxy) is 2. The summed E-state index contributed by atoms with van der Waals surface area (Å²) < 4.78 is 11.0. The van der Waals surface area contributed by atoms with E-state index in [0.29, 0.717) is 35.3 Å². The van der Waals surface area contributed by atoms with E-state index in [-0.39, 0.29) is 5.57 Å². The molecule has 1 aliphatic rings. The molecule has 1 N–H and O–H groups in total. The minimum absolute atomic E-state index is 0.237. The largest absolute Gasteiger partial charge is 0.489 e. The third-order valence-electron chi connectivity index (χ3n) is 2.55. The Hall–Kier alpha value is -1.68. The number of hydrogen-bond acceptors (Lipinski definition) is 3. The zero-order valence-corrected chi connectivity index (χ0v) is 10.7. The maximum atomic E-state index is 10.8. The van der Waals surface area contributed by atoms with Crippen molar-refractivity contribution < 1.29 is 19.4 Å². The lowest BCUT2D eigenvalue weighted by Crippen LogP contribution is -1.97. The molecule has 0 bridgehead atoms. The summed E-state index contributed by atoms with van der Waals surface area (Å²) in [6, 6.07) is 3.40. The number of halogens is 1. The van der Waals surface area contributed by atoms with Crippen molar-refractivity contribution >= 4 is 23.6 Å². The molecule has 0 saturated heterocycles. The lowest BCUT2D eigenvalue weighted by atomic mass is 10.1. The summed E-state index contributed by atoms with van der Waals surface area (Å²) >= 11 is 6.10. The Kier molecular flexibility index (Phi) is 3.77. The van der Waals surface area contributed by atoms with E-state index >= 15 is 0 Å². The molecule has 5 heteroatoms. The van der Waals surface area contributed by atoms with Gasteiger partial charge in [-0.25, -0.2) is 4.79 Å². The highest BCUT2D eigenvalue weighted by atomic mass is 35.5. The molecule has 4 nitrogen and oxygen atoms in total. The fourth-order valence-electron chi connectivity index (χ4n) is 1.65. The molecule has 1 aromatic carbocycles. The highest BCUT2D eigenvalue weighted by Gasteiger charge is 2.15. The van der Waals surface area contributed by atoms with Crippen LogP contribution in [0.15, 0.2) is 17.7 Å². The summed E-state index contributed by atoms with van der Waals surface area (Å²) in [5.74, 6) is 0.127. The van der Waals surface area contributed by atoms with Crippen LogP contribution in [0, 0.1) is 0 Å². The molecular formula is C13H13ClO4. The normalized spacial score (nSPS) is 15.1. The van der Waals surface area contributed by atoms with Crippen molar-refractivity contribution in [2.75, 3.05) is 13.2 Å². The fourth-order valence-corrected chi connectivity index (χ4v) is 1.92. The van der Waals surface area contributed by atoms with Crippen molar-refractivity contribution in [2.24, 2.45) is 0 Å². The second-order valence-corrected chi connectivity index (χ2v) is 4.42. The molecule has 0 radical (unpaired) electrons. The van der Waals surface area contributed by atoms with Crippen LogP contribution in [0.2, 0.25) is 5.02 Å². The van der Waals surface area contributed by atoms with Crippen LogP contribution in [0.3, 0.4) is 0 Å². The van der Waals surface area contributed by atoms with Gasteiger partial charge in [0.05, 0.1) is 18.2 Å². The highest BCUT2D eigenvalue weighted by Crippen LogP contribution is 2.38. The summed E-state index contributed by atoms with van der Waals surface area (Å²) in [6.07, 6.45) is 2.34. The Morgan fingerprint density at radius 2 is 2.11 bits per heavy atom. The SMILES string of the molecule is CC(=Cc1cc(Cl)c2c(c1)OCCCO2)C(=O)O. The molecule has 1 aliphatic heterocycles. The van der Waals surface area contributed by atoms with Crippen LogP contribution in [-0.4, -0.2) is 24.3 Å². The molecule has 0 amide bonds. The standard InChI is InChI=1S/C13H13ClO4/c1-8(13(15)16)5-9-6-10(14)12-11(7-9)17-3-2-4-18-12/h5-7H,2-4H2,1H3,(H,15,16). The van der Waals surface area contributed by atoms with Crippen LogP contribution in [0.4, 0.5) is 0 Å². The molecule has 0 unspecified atom stereocenters. The molecule has 1 aromatic rings. The maximum Gasteiger partial charge on any atom is 0.331 e. The zero-order chi connectivity index (χ0) is 13.1. The second-order valence-electron chi connectivity index (χ2n) is 4.01. The van der Waals surface area contributed by atoms with Gasteiger partial charge in [0.25, 0.3) is 0 Å². The van der Waals surface area contributed by atoms with E-state index in [0.717, 1.165) is 6.42 Å². The van der Waals surface area contributed by atoms with Crippen LogP contribution in [0.25, 0.3) is 6.08 Å². The van der Waals surface area contributed by atoms with Gasteiger partial charge in [0.1, 0.15) is 0 Å². The van der Waals surface area contributed by atoms with Crippen LogP contribution in [0.1, 0.15) is 18.9 Å². The number of hydrogen-bond donors (Lipinski definition) is 1. The smallest absolute Gasteiger partial charge is 0.331 e. The Morgan fingerprint density at radius 1 is 1.39 bits per heavy atom. The third kappa shape index (κ3) is 2.76. The maximum absolute atomic E-state index is 10.8. The van der Waals surface area contributed by atoms with Crippen molar-refractivity contribution in [2.45, 2.75) is 13.3 Å². The van der Waals surface area contributed by atoms with Crippen LogP contribution in [-0.2, 0) is 4.79 Å². The molecule has 0 aromatic heterocycles. The minimum atomic E-state index is -0.960. The molecule has 2 rings (SSSR count). The fraction of sp³-hybridized carbons (Fsp3) is 0.308. The topological polar surface area (TPSA) is 55.8 Å². The molecule has 1 heterocycles. The predicted molar refractivity (Wildman–Crippen MR) is 68.3 cm³/mol. The van der Waals surface area contributed by atoms with Gasteiger partial charge in [-0.05, 0) is 30.7 Å². The Labute approximate surface area is 110 Å². The van der Waals surface area contributed by atoms with Gasteiger partial charge in [-0.2, -0.15) is 0 Å². The second kappa shape index (κ2) is 5.31. The van der Waals surface area contributed by atoms with Crippen molar-refractivity contribution in [3.05, 3.63) is 28.3 Å². The molecule has 0 aliphatic carbocycles. The van der Waals surface area contributed by atoms with Gasteiger partial charge in [-0.1, -0.05) is 11.6 Å². The van der Waals surface area contributed by atoms with Gasteiger partial charge in [-0.15, -0.1) is 0 Å². The van der Waals surface area contributed by atoms with E-state index in [1.807, 2.05) is 0 Å². The first-order valence-electron chi connectivity index (χ1n) is 5.58. The lowest BCUT2D eigenvalue weighted by molar-refractivity contribution is -0.132. The van der Waals surface area contributed by atoms with Gasteiger partial charge in [0, 0.05) is 12.0 Å². The van der Waals surface area contributed by atoms with Crippen molar-refractivity contribution in [1.82, 2.24) is 0 Å². The van der Waals surface area contributed by atoms with Gasteiger partial charge in [-0.3, -0.25) is 0 Å². The molecule has 96 valence electrons. The lowest BCUT2D eigenvalue weighted by Gasteiger charge is -2.10. The number of aliphatic carboxylic acids is 1. The molecule has 0 fully saturated rings. The first-order valence-corrected chi connectivity index (χ1v) is 5.96. The van der Waals surface area contributed by atoms with Crippen LogP contribution >= 0.6 is 11.6 Å². The summed E-state index contributed by atoms with van der Waals surface area (Å²) in [7, 11) is 0. The van der Waals surface area contributed by atoms with E-state index in [1.165, 1.54) is 6.92 Å². The average molecular weight is 269 g/mol. The Bertz CT molecular complexity index is 508. The van der Waals surface area contributed by atoms with Gasteiger partial charge in [0.15, 0.2) is 11.5 Å². The average Bonchev–Trinajstić information content (AvgIpc) is 2.54. The number of fused-ring (bicyclic) bond motifs is 1. The number of rotatable bonds is 2. The van der Waals surface area contributed by atoms with Crippen molar-refractivity contribution in [3.63, 3.8) is 0 Å². The van der Waals surface area contributed by atoms with Crippen molar-refractivity contribution in [1.29, 1.82) is 0 Å². The number of carboxylic acid groups (broad SMARTS) is 1. The molecule has 0 saturated carbocycles. The van der Waals surface area contributed by atoms with E-state index in [9.17, 15) is 4.79 Å². The van der Waals surface area contributed by atoms with E-state index in [4.69, 9.17) is 26.2 Å². The van der Waals surface area contributed by atoms with E-state index in [1.54, 1.807) is 18.2 Å². The van der Waals surface area contributed by atoms with Gasteiger partial charge >= 0.3 is 5.97 Å². The Balaban J connectivity index is 2.40. The minimum Gasteiger partial charge on any atom is -0.489 e. The predicted octanol–water partition coefficient (Wildman–Crippen LogP) is 2.99. The molecule has 18 heavy (non-hydrogen) atoms. The molecular weight excluding hydrogens is 256 g/mol. The zero-order valence-electron chi connectivity index (χ0n) is 9.90. The number of carbonyl (C=O) groups is 1. The first-order chi connectivity index (χ1) is 8.58. The van der Waals surface area contributed by atoms with E-state index in [2.05, 4.69) is 0 Å². The van der Waals surface area contributed by atoms with Gasteiger partial charge in [0.2, 0.25) is 0 Å². The van der Waals surface area contributed by atoms with E-state index < -0.39 is 5.97 Å². The first kappa shape index (κ1) is 12.8. The van der Waals surface area contributed by atoms with Crippen LogP contribution < -0.4 is 9.47 Å². The summed E-state index contributed by atoms with van der Waals surface area (Å²) in [5.41, 5.74) is 0.921. The summed E-state index contributed by atoms with van der Waals surface area (Å²) in [6.45, 7) is 2.66. The number of benzene rings is 1. The summed E-state index contributed by atoms with van der Waals surface area (Å²) in [4.78, 5) is 10.8. The third-order valence-corrected chi connectivity index (χ3v) is 2.83. The van der Waals surface area contributed by atoms with Crippen LogP contribution in [0.5, 0.6) is 11.5 Å². The summed E-state index contributed by atoms with van der Waals surface area (Å²) in [5, 5.41) is 9.27. The number of carboxylic acids is 1. The van der Waals surface area contributed by atoms with Gasteiger partial charge < -0.3 is 14.6 Å². The highest BCUT2D eigenvalue weighted by molar-refractivity contribution is 6.32. The molecule has 0 atom stereocenters. The quantitative estimate of drug-likeness (QED) is 0.838. The molecule has 0 spiro atoms. The van der Waals surface area contributed by atoms with Crippen molar-refractivity contribution in [3.8, 4) is 11.5 Å². The monoisotopic (exact) mass is 268 g/mol. The Morgan fingerprint density at radius 3 is 2.83 bits per heavy atom.